The summed E-state index contributed by atoms with van der Waals surface area (Å²) in [5, 5.41) is 8.42. The van der Waals surface area contributed by atoms with Crippen molar-refractivity contribution in [1.29, 1.82) is 0 Å². The lowest BCUT2D eigenvalue weighted by molar-refractivity contribution is -0.121. The number of rotatable bonds is 5. The summed E-state index contributed by atoms with van der Waals surface area (Å²) in [4.78, 5) is 31.7. The molecule has 2 N–H and O–H groups in total. The topological polar surface area (TPSA) is 74.3 Å². The first-order valence-electron chi connectivity index (χ1n) is 10.1. The zero-order valence-corrected chi connectivity index (χ0v) is 17.9. The monoisotopic (exact) mass is 438 g/mol. The molecule has 4 rings (SSSR count). The highest BCUT2D eigenvalue weighted by atomic mass is 32.1. The lowest BCUT2D eigenvalue weighted by Crippen LogP contribution is -2.43. The summed E-state index contributed by atoms with van der Waals surface area (Å²) in [6.07, 6.45) is 1.44. The minimum Gasteiger partial charge on any atom is -0.336 e. The maximum Gasteiger partial charge on any atom is 0.273 e. The molecule has 2 amide bonds. The van der Waals surface area contributed by atoms with E-state index in [1.807, 2.05) is 31.2 Å². The van der Waals surface area contributed by atoms with Crippen LogP contribution in [0.25, 0.3) is 0 Å². The Kier molecular flexibility index (Phi) is 6.27. The Morgan fingerprint density at radius 1 is 1.16 bits per heavy atom. The third-order valence-electron chi connectivity index (χ3n) is 5.18. The molecule has 1 saturated heterocycles. The number of nitrogens with one attached hydrogen (secondary N) is 2. The number of hydrogen-bond donors (Lipinski definition) is 2. The number of hydrogen-bond acceptors (Lipinski definition) is 5. The van der Waals surface area contributed by atoms with Crippen LogP contribution in [0.4, 0.5) is 20.9 Å². The second-order valence-electron chi connectivity index (χ2n) is 7.62. The number of aromatic nitrogens is 1. The Bertz CT molecular complexity index is 1080. The van der Waals surface area contributed by atoms with Crippen LogP contribution in [0.3, 0.4) is 0 Å². The third-order valence-corrected chi connectivity index (χ3v) is 5.94. The van der Waals surface area contributed by atoms with Crippen LogP contribution < -0.4 is 10.6 Å². The summed E-state index contributed by atoms with van der Waals surface area (Å²) < 4.78 is 13.1. The van der Waals surface area contributed by atoms with Gasteiger partial charge in [-0.3, -0.25) is 9.59 Å². The number of nitrogens with zero attached hydrogens (tertiary/aromatic N) is 2. The lowest BCUT2D eigenvalue weighted by Gasteiger charge is -2.31. The van der Waals surface area contributed by atoms with Crippen LogP contribution in [0.1, 0.15) is 28.9 Å². The van der Waals surface area contributed by atoms with Gasteiger partial charge < -0.3 is 15.5 Å². The van der Waals surface area contributed by atoms with Gasteiger partial charge in [0.15, 0.2) is 5.13 Å². The molecule has 3 aromatic rings. The molecule has 1 atom stereocenters. The summed E-state index contributed by atoms with van der Waals surface area (Å²) in [6, 6.07) is 13.6. The zero-order valence-electron chi connectivity index (χ0n) is 17.1. The maximum absolute atomic E-state index is 13.1. The van der Waals surface area contributed by atoms with Crippen molar-refractivity contribution in [2.45, 2.75) is 19.8 Å². The van der Waals surface area contributed by atoms with Gasteiger partial charge in [-0.15, -0.1) is 11.3 Å². The average molecular weight is 439 g/mol. The van der Waals surface area contributed by atoms with Gasteiger partial charge >= 0.3 is 0 Å². The Balaban J connectivity index is 1.38. The summed E-state index contributed by atoms with van der Waals surface area (Å²) in [5.74, 6) is -1.00. The number of thiazole rings is 1. The second-order valence-corrected chi connectivity index (χ2v) is 8.48. The van der Waals surface area contributed by atoms with E-state index in [1.165, 1.54) is 35.6 Å². The van der Waals surface area contributed by atoms with Gasteiger partial charge in [-0.25, -0.2) is 9.37 Å². The van der Waals surface area contributed by atoms with E-state index < -0.39 is 0 Å². The predicted molar refractivity (Wildman–Crippen MR) is 120 cm³/mol. The average Bonchev–Trinajstić information content (AvgIpc) is 3.23. The van der Waals surface area contributed by atoms with Gasteiger partial charge in [0.25, 0.3) is 5.91 Å². The minimum absolute atomic E-state index is 0.163. The first-order chi connectivity index (χ1) is 15.0. The number of halogens is 1. The fourth-order valence-corrected chi connectivity index (χ4v) is 4.30. The summed E-state index contributed by atoms with van der Waals surface area (Å²) in [6.45, 7) is 2.95. The molecule has 31 heavy (non-hydrogen) atoms. The van der Waals surface area contributed by atoms with Crippen molar-refractivity contribution < 1.29 is 14.0 Å². The smallest absolute Gasteiger partial charge is 0.273 e. The van der Waals surface area contributed by atoms with Crippen molar-refractivity contribution in [2.75, 3.05) is 23.7 Å². The van der Waals surface area contributed by atoms with E-state index in [4.69, 9.17) is 0 Å². The van der Waals surface area contributed by atoms with Crippen molar-refractivity contribution in [3.05, 3.63) is 71.0 Å². The first-order valence-corrected chi connectivity index (χ1v) is 11.0. The van der Waals surface area contributed by atoms with Crippen molar-refractivity contribution in [3.8, 4) is 0 Å². The standard InChI is InChI=1S/C23H23FN4O2S/c1-15-4-2-6-19(12-15)26-23-27-20(14-31-23)22(30)28-11-3-5-16(13-28)21(29)25-18-9-7-17(24)8-10-18/h2,4,6-10,12,14,16H,3,5,11,13H2,1H3,(H,25,29)(H,26,27)/t16-/m0/s1. The molecule has 0 saturated carbocycles. The molecular weight excluding hydrogens is 415 g/mol. The largest absolute Gasteiger partial charge is 0.336 e. The van der Waals surface area contributed by atoms with E-state index in [0.29, 0.717) is 36.0 Å². The van der Waals surface area contributed by atoms with E-state index in [-0.39, 0.29) is 23.5 Å². The molecule has 2 aromatic carbocycles. The molecule has 0 radical (unpaired) electrons. The zero-order chi connectivity index (χ0) is 21.8. The number of benzene rings is 2. The molecule has 6 nitrogen and oxygen atoms in total. The van der Waals surface area contributed by atoms with E-state index in [9.17, 15) is 14.0 Å². The molecule has 1 fully saturated rings. The Hall–Kier alpha value is -3.26. The van der Waals surface area contributed by atoms with Crippen molar-refractivity contribution in [3.63, 3.8) is 0 Å². The number of carbonyl (C=O) groups excluding carboxylic acids is 2. The number of likely N-dealkylation sites (tertiary alicyclic amines) is 1. The Labute approximate surface area is 184 Å². The second kappa shape index (κ2) is 9.26. The molecular formula is C23H23FN4O2S. The fraction of sp³-hybridized carbons (Fsp3) is 0.261. The molecule has 1 aromatic heterocycles. The molecule has 0 unspecified atom stereocenters. The fourth-order valence-electron chi connectivity index (χ4n) is 3.59. The van der Waals surface area contributed by atoms with Crippen LogP contribution in [0.5, 0.6) is 0 Å². The molecule has 2 heterocycles. The highest BCUT2D eigenvalue weighted by molar-refractivity contribution is 7.14. The number of piperidine rings is 1. The molecule has 0 bridgehead atoms. The van der Waals surface area contributed by atoms with Crippen LogP contribution >= 0.6 is 11.3 Å². The van der Waals surface area contributed by atoms with Gasteiger partial charge in [-0.05, 0) is 61.7 Å². The highest BCUT2D eigenvalue weighted by Crippen LogP contribution is 2.25. The predicted octanol–water partition coefficient (Wildman–Crippen LogP) is 4.83. The quantitative estimate of drug-likeness (QED) is 0.599. The molecule has 1 aliphatic rings. The van der Waals surface area contributed by atoms with Gasteiger partial charge in [0.1, 0.15) is 11.5 Å². The molecule has 160 valence electrons. The van der Waals surface area contributed by atoms with E-state index in [0.717, 1.165) is 17.7 Å². The first kappa shape index (κ1) is 21.0. The Morgan fingerprint density at radius 3 is 2.74 bits per heavy atom. The summed E-state index contributed by atoms with van der Waals surface area (Å²) in [5.41, 5.74) is 2.97. The SMILES string of the molecule is Cc1cccc(Nc2nc(C(=O)N3CCC[C@H](C(=O)Nc4ccc(F)cc4)C3)cs2)c1. The van der Waals surface area contributed by atoms with Crippen LogP contribution in [-0.2, 0) is 4.79 Å². The van der Waals surface area contributed by atoms with E-state index in [2.05, 4.69) is 15.6 Å². The normalized spacial score (nSPS) is 16.1. The van der Waals surface area contributed by atoms with Crippen LogP contribution in [-0.4, -0.2) is 34.8 Å². The van der Waals surface area contributed by atoms with Gasteiger partial charge in [0, 0.05) is 29.8 Å². The van der Waals surface area contributed by atoms with Crippen LogP contribution in [0.15, 0.2) is 53.9 Å². The number of carbonyl (C=O) groups is 2. The number of amides is 2. The Morgan fingerprint density at radius 2 is 1.97 bits per heavy atom. The minimum atomic E-state index is -0.355. The number of anilines is 3. The highest BCUT2D eigenvalue weighted by Gasteiger charge is 2.30. The van der Waals surface area contributed by atoms with Gasteiger partial charge in [-0.1, -0.05) is 12.1 Å². The van der Waals surface area contributed by atoms with Crippen LogP contribution in [0, 0.1) is 18.7 Å². The van der Waals surface area contributed by atoms with E-state index >= 15 is 0 Å². The van der Waals surface area contributed by atoms with Crippen LogP contribution in [0.2, 0.25) is 0 Å². The number of aryl methyl sites for hydroxylation is 1. The van der Waals surface area contributed by atoms with Crippen molar-refractivity contribution in [2.24, 2.45) is 5.92 Å². The summed E-state index contributed by atoms with van der Waals surface area (Å²) >= 11 is 1.37. The molecule has 1 aliphatic heterocycles. The maximum atomic E-state index is 13.1. The molecule has 8 heteroatoms. The summed E-state index contributed by atoms with van der Waals surface area (Å²) in [7, 11) is 0. The molecule has 0 spiro atoms. The van der Waals surface area contributed by atoms with E-state index in [1.54, 1.807) is 10.3 Å². The third kappa shape index (κ3) is 5.27. The van der Waals surface area contributed by atoms with Crippen molar-refractivity contribution in [1.82, 2.24) is 9.88 Å². The van der Waals surface area contributed by atoms with Gasteiger partial charge in [-0.2, -0.15) is 0 Å². The molecule has 0 aliphatic carbocycles. The van der Waals surface area contributed by atoms with Gasteiger partial charge in [0.2, 0.25) is 5.91 Å². The van der Waals surface area contributed by atoms with Gasteiger partial charge in [0.05, 0.1) is 5.92 Å². The lowest BCUT2D eigenvalue weighted by atomic mass is 9.96. The van der Waals surface area contributed by atoms with Crippen molar-refractivity contribution >= 4 is 39.7 Å².